The fourth-order valence-electron chi connectivity index (χ4n) is 2.22. The summed E-state index contributed by atoms with van der Waals surface area (Å²) in [5.41, 5.74) is 4.67. The van der Waals surface area contributed by atoms with Crippen LogP contribution in [0.2, 0.25) is 0 Å². The van der Waals surface area contributed by atoms with Crippen molar-refractivity contribution in [1.82, 2.24) is 4.98 Å². The summed E-state index contributed by atoms with van der Waals surface area (Å²) in [6.07, 6.45) is 0. The van der Waals surface area contributed by atoms with Gasteiger partial charge in [-0.05, 0) is 34.2 Å². The summed E-state index contributed by atoms with van der Waals surface area (Å²) >= 11 is 5.93. The molecule has 0 aliphatic carbocycles. The van der Waals surface area contributed by atoms with E-state index in [1.165, 1.54) is 20.1 Å². The van der Waals surface area contributed by atoms with Gasteiger partial charge in [0.25, 0.3) is 0 Å². The Balaban J connectivity index is 2.41. The van der Waals surface area contributed by atoms with Crippen molar-refractivity contribution in [2.75, 3.05) is 0 Å². The van der Waals surface area contributed by atoms with Crippen LogP contribution >= 0.6 is 38.5 Å². The van der Waals surface area contributed by atoms with Crippen molar-refractivity contribution in [2.24, 2.45) is 0 Å². The lowest BCUT2D eigenvalue weighted by atomic mass is 10.0. The largest absolute Gasteiger partial charge is 0.251 e. The van der Waals surface area contributed by atoms with Crippen LogP contribution in [0.25, 0.3) is 22.0 Å². The third kappa shape index (κ3) is 2.41. The number of alkyl halides is 1. The van der Waals surface area contributed by atoms with E-state index in [4.69, 9.17) is 4.98 Å². The average Bonchev–Trinajstić information content (AvgIpc) is 2.47. The third-order valence-corrected chi connectivity index (χ3v) is 4.78. The maximum Gasteiger partial charge on any atom is 0.0712 e. The standard InChI is InChI=1S/C16H11BrIN/c17-10-14-16(18)15(11-6-2-1-3-7-11)12-8-4-5-9-13(12)19-14/h1-9H,10H2. The first-order valence-electron chi connectivity index (χ1n) is 6.00. The summed E-state index contributed by atoms with van der Waals surface area (Å²) in [7, 11) is 0. The Morgan fingerprint density at radius 2 is 1.63 bits per heavy atom. The highest BCUT2D eigenvalue weighted by Crippen LogP contribution is 2.34. The van der Waals surface area contributed by atoms with Gasteiger partial charge in [0, 0.05) is 19.8 Å². The molecule has 0 unspecified atom stereocenters. The number of halogens is 2. The first-order valence-corrected chi connectivity index (χ1v) is 8.20. The second-order valence-electron chi connectivity index (χ2n) is 4.26. The van der Waals surface area contributed by atoms with E-state index in [0.717, 1.165) is 16.5 Å². The van der Waals surface area contributed by atoms with Gasteiger partial charge in [-0.2, -0.15) is 0 Å². The quantitative estimate of drug-likeness (QED) is 0.397. The van der Waals surface area contributed by atoms with Gasteiger partial charge in [0.1, 0.15) is 0 Å². The number of nitrogens with zero attached hydrogens (tertiary/aromatic N) is 1. The van der Waals surface area contributed by atoms with Gasteiger partial charge in [-0.25, -0.2) is 0 Å². The maximum absolute atomic E-state index is 4.73. The highest BCUT2D eigenvalue weighted by atomic mass is 127. The Kier molecular flexibility index (Phi) is 3.84. The van der Waals surface area contributed by atoms with E-state index in [-0.39, 0.29) is 0 Å². The maximum atomic E-state index is 4.73. The molecule has 0 N–H and O–H groups in total. The molecule has 1 aromatic heterocycles. The van der Waals surface area contributed by atoms with Crippen LogP contribution in [0.1, 0.15) is 5.69 Å². The predicted octanol–water partition coefficient (Wildman–Crippen LogP) is 5.40. The van der Waals surface area contributed by atoms with E-state index in [9.17, 15) is 0 Å². The lowest BCUT2D eigenvalue weighted by Gasteiger charge is -2.12. The van der Waals surface area contributed by atoms with Gasteiger partial charge in [-0.3, -0.25) is 4.98 Å². The molecule has 2 aromatic carbocycles. The molecule has 0 saturated carbocycles. The van der Waals surface area contributed by atoms with Crippen molar-refractivity contribution in [2.45, 2.75) is 5.33 Å². The van der Waals surface area contributed by atoms with Crippen molar-refractivity contribution in [1.29, 1.82) is 0 Å². The zero-order valence-electron chi connectivity index (χ0n) is 10.1. The minimum atomic E-state index is 0.774. The molecule has 0 fully saturated rings. The van der Waals surface area contributed by atoms with E-state index in [1.807, 2.05) is 12.1 Å². The van der Waals surface area contributed by atoms with Crippen LogP contribution in [0, 0.1) is 3.57 Å². The zero-order valence-corrected chi connectivity index (χ0v) is 13.8. The molecule has 0 amide bonds. The summed E-state index contributed by atoms with van der Waals surface area (Å²) in [5.74, 6) is 0. The number of fused-ring (bicyclic) bond motifs is 1. The minimum absolute atomic E-state index is 0.774. The first kappa shape index (κ1) is 13.1. The van der Waals surface area contributed by atoms with E-state index < -0.39 is 0 Å². The topological polar surface area (TPSA) is 12.9 Å². The molecule has 94 valence electrons. The average molecular weight is 424 g/mol. The van der Waals surface area contributed by atoms with Gasteiger partial charge in [0.15, 0.2) is 0 Å². The van der Waals surface area contributed by atoms with Crippen molar-refractivity contribution < 1.29 is 0 Å². The van der Waals surface area contributed by atoms with Crippen molar-refractivity contribution in [3.8, 4) is 11.1 Å². The minimum Gasteiger partial charge on any atom is -0.251 e. The molecular formula is C16H11BrIN. The molecule has 1 nitrogen and oxygen atoms in total. The highest BCUT2D eigenvalue weighted by Gasteiger charge is 2.13. The van der Waals surface area contributed by atoms with Crippen LogP contribution in [0.15, 0.2) is 54.6 Å². The molecule has 0 atom stereocenters. The summed E-state index contributed by atoms with van der Waals surface area (Å²) in [6, 6.07) is 18.8. The Morgan fingerprint density at radius 3 is 2.37 bits per heavy atom. The lowest BCUT2D eigenvalue weighted by molar-refractivity contribution is 1.21. The Labute approximate surface area is 134 Å². The monoisotopic (exact) mass is 423 g/mol. The Hall–Kier alpha value is -0.940. The van der Waals surface area contributed by atoms with E-state index in [1.54, 1.807) is 0 Å². The molecule has 0 bridgehead atoms. The second kappa shape index (κ2) is 5.59. The van der Waals surface area contributed by atoms with E-state index in [2.05, 4.69) is 81.0 Å². The molecule has 3 rings (SSSR count). The molecule has 0 spiro atoms. The third-order valence-electron chi connectivity index (χ3n) is 3.09. The van der Waals surface area contributed by atoms with Gasteiger partial charge >= 0.3 is 0 Å². The molecule has 1 heterocycles. The van der Waals surface area contributed by atoms with Gasteiger partial charge in [0.2, 0.25) is 0 Å². The van der Waals surface area contributed by atoms with Crippen LogP contribution in [0.5, 0.6) is 0 Å². The number of rotatable bonds is 2. The Morgan fingerprint density at radius 1 is 0.947 bits per heavy atom. The first-order chi connectivity index (χ1) is 9.31. The molecule has 3 aromatic rings. The normalized spacial score (nSPS) is 10.8. The molecule has 3 heteroatoms. The zero-order chi connectivity index (χ0) is 13.2. The summed E-state index contributed by atoms with van der Waals surface area (Å²) in [5, 5.41) is 1.98. The SMILES string of the molecule is BrCc1nc2ccccc2c(-c2ccccc2)c1I. The molecular weight excluding hydrogens is 413 g/mol. The number of benzene rings is 2. The summed E-state index contributed by atoms with van der Waals surface area (Å²) in [6.45, 7) is 0. The predicted molar refractivity (Wildman–Crippen MR) is 92.5 cm³/mol. The molecule has 0 radical (unpaired) electrons. The van der Waals surface area contributed by atoms with Crippen molar-refractivity contribution in [3.63, 3.8) is 0 Å². The molecule has 19 heavy (non-hydrogen) atoms. The fraction of sp³-hybridized carbons (Fsp3) is 0.0625. The molecule has 0 aliphatic heterocycles. The van der Waals surface area contributed by atoms with Crippen LogP contribution < -0.4 is 0 Å². The van der Waals surface area contributed by atoms with E-state index >= 15 is 0 Å². The summed E-state index contributed by atoms with van der Waals surface area (Å²) < 4.78 is 1.22. The number of pyridine rings is 1. The fourth-order valence-corrected chi connectivity index (χ4v) is 4.06. The molecule has 0 aliphatic rings. The van der Waals surface area contributed by atoms with Gasteiger partial charge in [0.05, 0.1) is 11.2 Å². The Bertz CT molecular complexity index is 725. The lowest BCUT2D eigenvalue weighted by Crippen LogP contribution is -1.96. The summed E-state index contributed by atoms with van der Waals surface area (Å²) in [4.78, 5) is 4.73. The number of aromatic nitrogens is 1. The van der Waals surface area contributed by atoms with Gasteiger partial charge in [-0.15, -0.1) is 0 Å². The smallest absolute Gasteiger partial charge is 0.0712 e. The van der Waals surface area contributed by atoms with Gasteiger partial charge in [-0.1, -0.05) is 64.5 Å². The van der Waals surface area contributed by atoms with Crippen molar-refractivity contribution in [3.05, 3.63) is 63.9 Å². The number of hydrogen-bond acceptors (Lipinski definition) is 1. The molecule has 0 saturated heterocycles. The van der Waals surface area contributed by atoms with Crippen molar-refractivity contribution >= 4 is 49.4 Å². The highest BCUT2D eigenvalue weighted by molar-refractivity contribution is 14.1. The van der Waals surface area contributed by atoms with Crippen LogP contribution in [-0.2, 0) is 5.33 Å². The second-order valence-corrected chi connectivity index (χ2v) is 5.90. The van der Waals surface area contributed by atoms with Crippen LogP contribution in [0.3, 0.4) is 0 Å². The number of hydrogen-bond donors (Lipinski definition) is 0. The number of para-hydroxylation sites is 1. The van der Waals surface area contributed by atoms with Gasteiger partial charge < -0.3 is 0 Å². The van der Waals surface area contributed by atoms with E-state index in [0.29, 0.717) is 0 Å². The van der Waals surface area contributed by atoms with Crippen LogP contribution in [0.4, 0.5) is 0 Å². The van der Waals surface area contributed by atoms with Crippen LogP contribution in [-0.4, -0.2) is 4.98 Å².